The van der Waals surface area contributed by atoms with Gasteiger partial charge in [0.25, 0.3) is 0 Å². The summed E-state index contributed by atoms with van der Waals surface area (Å²) < 4.78 is 23.9. The van der Waals surface area contributed by atoms with E-state index < -0.39 is 0 Å². The number of para-hydroxylation sites is 1. The summed E-state index contributed by atoms with van der Waals surface area (Å²) in [6, 6.07) is 13.9. The Balaban J connectivity index is 0.00000320. The number of nitrogens with one attached hydrogen (secondary N) is 2. The van der Waals surface area contributed by atoms with E-state index in [4.69, 9.17) is 9.15 Å². The summed E-state index contributed by atoms with van der Waals surface area (Å²) in [6.07, 6.45) is 2.29. The first-order valence-electron chi connectivity index (χ1n) is 9.54. The zero-order chi connectivity index (χ0) is 20.5. The quantitative estimate of drug-likeness (QED) is 0.260. The molecule has 0 amide bonds. The molecular weight excluding hydrogens is 498 g/mol. The molecule has 0 aliphatic heterocycles. The molecule has 0 fully saturated rings. The van der Waals surface area contributed by atoms with Crippen molar-refractivity contribution < 1.29 is 13.5 Å². The molecule has 3 aromatic rings. The number of hydrogen-bond donors (Lipinski definition) is 2. The minimum atomic E-state index is -0.284. The number of oxazole rings is 1. The third-order valence-electron chi connectivity index (χ3n) is 4.26. The molecule has 0 radical (unpaired) electrons. The molecule has 0 bridgehead atoms. The summed E-state index contributed by atoms with van der Waals surface area (Å²) in [5.74, 6) is 1.74. The molecule has 0 saturated heterocycles. The van der Waals surface area contributed by atoms with E-state index in [2.05, 4.69) is 20.6 Å². The highest BCUT2D eigenvalue weighted by Gasteiger charge is 2.07. The molecule has 0 atom stereocenters. The van der Waals surface area contributed by atoms with E-state index in [1.165, 1.54) is 12.1 Å². The van der Waals surface area contributed by atoms with E-state index in [0.29, 0.717) is 25.4 Å². The van der Waals surface area contributed by atoms with Crippen LogP contribution in [0.3, 0.4) is 0 Å². The van der Waals surface area contributed by atoms with Gasteiger partial charge in [-0.15, -0.1) is 24.0 Å². The minimum Gasteiger partial charge on any atom is -0.496 e. The van der Waals surface area contributed by atoms with Crippen LogP contribution in [0.4, 0.5) is 4.39 Å². The van der Waals surface area contributed by atoms with Gasteiger partial charge in [-0.2, -0.15) is 0 Å². The minimum absolute atomic E-state index is 0. The molecule has 6 nitrogen and oxygen atoms in total. The second-order valence-electron chi connectivity index (χ2n) is 6.33. The molecule has 30 heavy (non-hydrogen) atoms. The largest absolute Gasteiger partial charge is 0.496 e. The van der Waals surface area contributed by atoms with Crippen LogP contribution in [-0.4, -0.2) is 31.1 Å². The first-order chi connectivity index (χ1) is 14.2. The van der Waals surface area contributed by atoms with Crippen LogP contribution in [0.1, 0.15) is 18.2 Å². The molecule has 3 rings (SSSR count). The van der Waals surface area contributed by atoms with E-state index in [1.54, 1.807) is 25.5 Å². The number of aromatic nitrogens is 1. The number of aliphatic imine (C=N–C) groups is 1. The van der Waals surface area contributed by atoms with Crippen molar-refractivity contribution in [3.63, 3.8) is 0 Å². The van der Waals surface area contributed by atoms with Crippen LogP contribution in [0.15, 0.2) is 64.2 Å². The lowest BCUT2D eigenvalue weighted by Gasteiger charge is -2.11. The van der Waals surface area contributed by atoms with Gasteiger partial charge in [0.05, 0.1) is 19.3 Å². The van der Waals surface area contributed by atoms with E-state index >= 15 is 0 Å². The molecule has 0 saturated carbocycles. The Kier molecular flexibility index (Phi) is 9.59. The number of nitrogens with zero attached hydrogens (tertiary/aromatic N) is 2. The van der Waals surface area contributed by atoms with E-state index in [9.17, 15) is 4.39 Å². The Morgan fingerprint density at radius 2 is 1.90 bits per heavy atom. The first kappa shape index (κ1) is 23.7. The van der Waals surface area contributed by atoms with Crippen LogP contribution >= 0.6 is 24.0 Å². The highest BCUT2D eigenvalue weighted by molar-refractivity contribution is 14.0. The summed E-state index contributed by atoms with van der Waals surface area (Å²) >= 11 is 0. The van der Waals surface area contributed by atoms with Gasteiger partial charge >= 0.3 is 0 Å². The Morgan fingerprint density at radius 3 is 2.63 bits per heavy atom. The third-order valence-corrected chi connectivity index (χ3v) is 4.26. The topological polar surface area (TPSA) is 71.7 Å². The van der Waals surface area contributed by atoms with Gasteiger partial charge in [-0.25, -0.2) is 14.4 Å². The first-order valence-corrected chi connectivity index (χ1v) is 9.54. The standard InChI is InChI=1S/C22H25FN4O2.HI/c1-3-24-22(26-14-17-6-4-5-7-20(17)28-2)25-13-12-19-15-29-21(27-19)16-8-10-18(23)11-9-16;/h4-11,15H,3,12-14H2,1-2H3,(H2,24,25,26);1H. The number of rotatable bonds is 8. The lowest BCUT2D eigenvalue weighted by Crippen LogP contribution is -2.38. The molecule has 8 heteroatoms. The Morgan fingerprint density at radius 1 is 1.13 bits per heavy atom. The fourth-order valence-electron chi connectivity index (χ4n) is 2.80. The fourth-order valence-corrected chi connectivity index (χ4v) is 2.80. The maximum atomic E-state index is 13.0. The molecule has 2 aromatic carbocycles. The van der Waals surface area contributed by atoms with Gasteiger partial charge in [0.2, 0.25) is 5.89 Å². The predicted molar refractivity (Wildman–Crippen MR) is 127 cm³/mol. The van der Waals surface area contributed by atoms with Crippen molar-refractivity contribution in [1.82, 2.24) is 15.6 Å². The van der Waals surface area contributed by atoms with Gasteiger partial charge < -0.3 is 19.8 Å². The Hall–Kier alpha value is -2.62. The normalized spacial score (nSPS) is 11.0. The van der Waals surface area contributed by atoms with Crippen molar-refractivity contribution in [1.29, 1.82) is 0 Å². The van der Waals surface area contributed by atoms with Crippen LogP contribution in [0, 0.1) is 5.82 Å². The van der Waals surface area contributed by atoms with Crippen molar-refractivity contribution in [2.75, 3.05) is 20.2 Å². The lowest BCUT2D eigenvalue weighted by atomic mass is 10.2. The maximum absolute atomic E-state index is 13.0. The van der Waals surface area contributed by atoms with Gasteiger partial charge in [-0.1, -0.05) is 18.2 Å². The molecule has 0 aliphatic rings. The molecule has 2 N–H and O–H groups in total. The van der Waals surface area contributed by atoms with Crippen molar-refractivity contribution in [3.8, 4) is 17.2 Å². The molecule has 0 spiro atoms. The second-order valence-corrected chi connectivity index (χ2v) is 6.33. The van der Waals surface area contributed by atoms with Gasteiger partial charge in [0.1, 0.15) is 17.8 Å². The smallest absolute Gasteiger partial charge is 0.226 e. The zero-order valence-corrected chi connectivity index (χ0v) is 19.4. The summed E-state index contributed by atoms with van der Waals surface area (Å²) in [7, 11) is 1.66. The predicted octanol–water partition coefficient (Wildman–Crippen LogP) is 4.41. The summed E-state index contributed by atoms with van der Waals surface area (Å²) in [5, 5.41) is 6.53. The van der Waals surface area contributed by atoms with Crippen molar-refractivity contribution in [2.24, 2.45) is 4.99 Å². The number of benzene rings is 2. The van der Waals surface area contributed by atoms with Crippen LogP contribution in [-0.2, 0) is 13.0 Å². The molecule has 1 aromatic heterocycles. The Labute approximate surface area is 193 Å². The Bertz CT molecular complexity index is 944. The van der Waals surface area contributed by atoms with Crippen LogP contribution in [0.2, 0.25) is 0 Å². The molecule has 0 unspecified atom stereocenters. The van der Waals surface area contributed by atoms with Gasteiger partial charge in [-0.3, -0.25) is 0 Å². The van der Waals surface area contributed by atoms with Crippen LogP contribution < -0.4 is 15.4 Å². The highest BCUT2D eigenvalue weighted by atomic mass is 127. The van der Waals surface area contributed by atoms with Crippen LogP contribution in [0.25, 0.3) is 11.5 Å². The average molecular weight is 524 g/mol. The van der Waals surface area contributed by atoms with Crippen molar-refractivity contribution in [3.05, 3.63) is 71.9 Å². The lowest BCUT2D eigenvalue weighted by molar-refractivity contribution is 0.410. The highest BCUT2D eigenvalue weighted by Crippen LogP contribution is 2.19. The number of hydrogen-bond acceptors (Lipinski definition) is 4. The van der Waals surface area contributed by atoms with Crippen LogP contribution in [0.5, 0.6) is 5.75 Å². The number of methoxy groups -OCH3 is 1. The third kappa shape index (κ3) is 6.72. The van der Waals surface area contributed by atoms with Gasteiger partial charge in [-0.05, 0) is 37.3 Å². The molecule has 160 valence electrons. The van der Waals surface area contributed by atoms with Gasteiger partial charge in [0.15, 0.2) is 5.96 Å². The average Bonchev–Trinajstić information content (AvgIpc) is 3.21. The maximum Gasteiger partial charge on any atom is 0.226 e. The number of guanidine groups is 1. The number of halogens is 2. The van der Waals surface area contributed by atoms with E-state index in [-0.39, 0.29) is 29.8 Å². The van der Waals surface area contributed by atoms with E-state index in [1.807, 2.05) is 31.2 Å². The molecule has 1 heterocycles. The summed E-state index contributed by atoms with van der Waals surface area (Å²) in [5.41, 5.74) is 2.59. The zero-order valence-electron chi connectivity index (χ0n) is 17.0. The summed E-state index contributed by atoms with van der Waals surface area (Å²) in [4.78, 5) is 9.08. The fraction of sp³-hybridized carbons (Fsp3) is 0.273. The van der Waals surface area contributed by atoms with Crippen molar-refractivity contribution >= 4 is 29.9 Å². The molecule has 0 aliphatic carbocycles. The summed E-state index contributed by atoms with van der Waals surface area (Å²) in [6.45, 7) is 3.94. The van der Waals surface area contributed by atoms with Gasteiger partial charge in [0, 0.05) is 30.6 Å². The monoisotopic (exact) mass is 524 g/mol. The SMILES string of the molecule is CCNC(=NCc1ccccc1OC)NCCc1coc(-c2ccc(F)cc2)n1.I. The second kappa shape index (κ2) is 12.2. The molecular formula is C22H26FIN4O2. The van der Waals surface area contributed by atoms with Crippen molar-refractivity contribution in [2.45, 2.75) is 19.9 Å². The number of ether oxygens (including phenoxy) is 1. The van der Waals surface area contributed by atoms with E-state index in [0.717, 1.165) is 35.1 Å².